The summed E-state index contributed by atoms with van der Waals surface area (Å²) >= 11 is 1.72. The number of nitrogens with zero attached hydrogens (tertiary/aromatic N) is 3. The highest BCUT2D eigenvalue weighted by Crippen LogP contribution is 2.16. The van der Waals surface area contributed by atoms with Gasteiger partial charge in [-0.25, -0.2) is 0 Å². The summed E-state index contributed by atoms with van der Waals surface area (Å²) in [6.45, 7) is 11.3. The number of aromatic nitrogens is 1. The average Bonchev–Trinajstić information content (AvgIpc) is 2.82. The molecular formula is C13H24N4S. The largest absolute Gasteiger partial charge is 0.310 e. The van der Waals surface area contributed by atoms with Crippen LogP contribution in [-0.4, -0.2) is 60.1 Å². The van der Waals surface area contributed by atoms with Crippen LogP contribution < -0.4 is 5.32 Å². The molecule has 18 heavy (non-hydrogen) atoms. The zero-order valence-electron chi connectivity index (χ0n) is 11.6. The van der Waals surface area contributed by atoms with Crippen LogP contribution in [-0.2, 0) is 6.54 Å². The van der Waals surface area contributed by atoms with Crippen LogP contribution in [0, 0.1) is 0 Å². The lowest BCUT2D eigenvalue weighted by Gasteiger charge is -2.43. The summed E-state index contributed by atoms with van der Waals surface area (Å²) in [5, 5.41) is 3.55. The van der Waals surface area contributed by atoms with Crippen molar-refractivity contribution in [1.29, 1.82) is 0 Å². The van der Waals surface area contributed by atoms with E-state index in [1.54, 1.807) is 11.3 Å². The first kappa shape index (κ1) is 13.9. The SMILES string of the molecule is CN1CCN(C(C)(C)CNCc2cncs2)CC1. The van der Waals surface area contributed by atoms with Gasteiger partial charge in [0.1, 0.15) is 0 Å². The number of rotatable bonds is 5. The highest BCUT2D eigenvalue weighted by atomic mass is 32.1. The Morgan fingerprint density at radius 1 is 1.33 bits per heavy atom. The van der Waals surface area contributed by atoms with E-state index in [0.29, 0.717) is 0 Å². The van der Waals surface area contributed by atoms with E-state index >= 15 is 0 Å². The monoisotopic (exact) mass is 268 g/mol. The van der Waals surface area contributed by atoms with Crippen molar-refractivity contribution in [1.82, 2.24) is 20.1 Å². The maximum absolute atomic E-state index is 4.10. The third kappa shape index (κ3) is 3.75. The van der Waals surface area contributed by atoms with E-state index in [2.05, 4.69) is 41.0 Å². The van der Waals surface area contributed by atoms with E-state index in [4.69, 9.17) is 0 Å². The van der Waals surface area contributed by atoms with Gasteiger partial charge < -0.3 is 10.2 Å². The normalized spacial score (nSPS) is 19.3. The van der Waals surface area contributed by atoms with Crippen molar-refractivity contribution in [2.24, 2.45) is 0 Å². The Labute approximate surface area is 114 Å². The maximum Gasteiger partial charge on any atom is 0.0794 e. The van der Waals surface area contributed by atoms with Crippen molar-refractivity contribution in [3.05, 3.63) is 16.6 Å². The quantitative estimate of drug-likeness (QED) is 0.871. The van der Waals surface area contributed by atoms with Crippen molar-refractivity contribution in [2.75, 3.05) is 39.8 Å². The lowest BCUT2D eigenvalue weighted by Crippen LogP contribution is -2.57. The molecule has 1 aliphatic rings. The van der Waals surface area contributed by atoms with E-state index < -0.39 is 0 Å². The maximum atomic E-state index is 4.10. The third-order valence-electron chi connectivity index (χ3n) is 3.70. The Balaban J connectivity index is 1.76. The van der Waals surface area contributed by atoms with Crippen molar-refractivity contribution in [3.8, 4) is 0 Å². The molecule has 0 atom stereocenters. The second kappa shape index (κ2) is 6.10. The molecule has 1 fully saturated rings. The minimum absolute atomic E-state index is 0.228. The fourth-order valence-electron chi connectivity index (χ4n) is 2.34. The van der Waals surface area contributed by atoms with Crippen LogP contribution in [0.25, 0.3) is 0 Å². The second-order valence-electron chi connectivity index (χ2n) is 5.67. The summed E-state index contributed by atoms with van der Waals surface area (Å²) in [6, 6.07) is 0. The standard InChI is InChI=1S/C13H24N4S/c1-13(2,17-6-4-16(3)5-7-17)10-14-8-12-9-15-11-18-12/h9,11,14H,4-8,10H2,1-3H3. The number of nitrogens with one attached hydrogen (secondary N) is 1. The summed E-state index contributed by atoms with van der Waals surface area (Å²) in [4.78, 5) is 10.4. The topological polar surface area (TPSA) is 31.4 Å². The number of hydrogen-bond donors (Lipinski definition) is 1. The molecule has 0 aromatic carbocycles. The van der Waals surface area contributed by atoms with Gasteiger partial charge >= 0.3 is 0 Å². The van der Waals surface area contributed by atoms with Crippen molar-refractivity contribution >= 4 is 11.3 Å². The van der Waals surface area contributed by atoms with E-state index in [9.17, 15) is 0 Å². The summed E-state index contributed by atoms with van der Waals surface area (Å²) in [5.74, 6) is 0. The van der Waals surface area contributed by atoms with E-state index in [-0.39, 0.29) is 5.54 Å². The Morgan fingerprint density at radius 2 is 2.06 bits per heavy atom. The zero-order valence-corrected chi connectivity index (χ0v) is 12.5. The Morgan fingerprint density at radius 3 is 2.67 bits per heavy atom. The predicted octanol–water partition coefficient (Wildman–Crippen LogP) is 1.26. The molecule has 1 saturated heterocycles. The molecule has 0 saturated carbocycles. The van der Waals surface area contributed by atoms with Gasteiger partial charge in [-0.1, -0.05) is 0 Å². The van der Waals surface area contributed by atoms with Crippen LogP contribution in [0.4, 0.5) is 0 Å². The molecule has 2 rings (SSSR count). The van der Waals surface area contributed by atoms with Crippen molar-refractivity contribution in [2.45, 2.75) is 25.9 Å². The van der Waals surface area contributed by atoms with E-state index in [1.807, 2.05) is 11.7 Å². The van der Waals surface area contributed by atoms with Crippen LogP contribution in [0.3, 0.4) is 0 Å². The molecule has 1 aliphatic heterocycles. The van der Waals surface area contributed by atoms with Gasteiger partial charge in [-0.2, -0.15) is 0 Å². The minimum atomic E-state index is 0.228. The summed E-state index contributed by atoms with van der Waals surface area (Å²) in [5.41, 5.74) is 2.12. The lowest BCUT2D eigenvalue weighted by molar-refractivity contribution is 0.0618. The molecule has 0 unspecified atom stereocenters. The van der Waals surface area contributed by atoms with Gasteiger partial charge in [0.15, 0.2) is 0 Å². The van der Waals surface area contributed by atoms with Gasteiger partial charge in [-0.15, -0.1) is 11.3 Å². The van der Waals surface area contributed by atoms with Gasteiger partial charge in [0.05, 0.1) is 5.51 Å². The van der Waals surface area contributed by atoms with Gasteiger partial charge in [0, 0.05) is 55.9 Å². The van der Waals surface area contributed by atoms with Crippen LogP contribution >= 0.6 is 11.3 Å². The van der Waals surface area contributed by atoms with Gasteiger partial charge in [-0.3, -0.25) is 9.88 Å². The fraction of sp³-hybridized carbons (Fsp3) is 0.769. The molecule has 4 nitrogen and oxygen atoms in total. The molecule has 1 aromatic rings. The first-order valence-electron chi connectivity index (χ1n) is 6.59. The second-order valence-corrected chi connectivity index (χ2v) is 6.64. The van der Waals surface area contributed by atoms with E-state index in [1.165, 1.54) is 31.1 Å². The highest BCUT2D eigenvalue weighted by molar-refractivity contribution is 7.09. The van der Waals surface area contributed by atoms with Crippen molar-refractivity contribution in [3.63, 3.8) is 0 Å². The Kier molecular flexibility index (Phi) is 4.72. The van der Waals surface area contributed by atoms with Gasteiger partial charge in [0.25, 0.3) is 0 Å². The number of piperazine rings is 1. The molecule has 1 aromatic heterocycles. The molecule has 1 N–H and O–H groups in total. The predicted molar refractivity (Wildman–Crippen MR) is 77.0 cm³/mol. The molecule has 0 spiro atoms. The summed E-state index contributed by atoms with van der Waals surface area (Å²) < 4.78 is 0. The molecule has 0 aliphatic carbocycles. The summed E-state index contributed by atoms with van der Waals surface area (Å²) in [7, 11) is 2.20. The molecule has 2 heterocycles. The fourth-order valence-corrected chi connectivity index (χ4v) is 2.91. The third-order valence-corrected chi connectivity index (χ3v) is 4.48. The lowest BCUT2D eigenvalue weighted by atomic mass is 10.0. The zero-order chi connectivity index (χ0) is 13.0. The van der Waals surface area contributed by atoms with Crippen LogP contribution in [0.2, 0.25) is 0 Å². The Bertz CT molecular complexity index is 342. The van der Waals surface area contributed by atoms with Gasteiger partial charge in [-0.05, 0) is 20.9 Å². The average molecular weight is 268 g/mol. The summed E-state index contributed by atoms with van der Waals surface area (Å²) in [6.07, 6.45) is 1.94. The molecular weight excluding hydrogens is 244 g/mol. The van der Waals surface area contributed by atoms with Crippen LogP contribution in [0.1, 0.15) is 18.7 Å². The van der Waals surface area contributed by atoms with Crippen molar-refractivity contribution < 1.29 is 0 Å². The smallest absolute Gasteiger partial charge is 0.0794 e. The van der Waals surface area contributed by atoms with Crippen LogP contribution in [0.15, 0.2) is 11.7 Å². The number of likely N-dealkylation sites (N-methyl/N-ethyl adjacent to an activating group) is 1. The van der Waals surface area contributed by atoms with Crippen LogP contribution in [0.5, 0.6) is 0 Å². The molecule has 0 amide bonds. The first-order valence-corrected chi connectivity index (χ1v) is 7.47. The van der Waals surface area contributed by atoms with Gasteiger partial charge in [0.2, 0.25) is 0 Å². The first-order chi connectivity index (χ1) is 8.58. The number of hydrogen-bond acceptors (Lipinski definition) is 5. The number of thiazole rings is 1. The highest BCUT2D eigenvalue weighted by Gasteiger charge is 2.28. The molecule has 102 valence electrons. The Hall–Kier alpha value is -0.490. The van der Waals surface area contributed by atoms with E-state index in [0.717, 1.165) is 13.1 Å². The molecule has 0 bridgehead atoms. The minimum Gasteiger partial charge on any atom is -0.310 e. The molecule has 5 heteroatoms. The molecule has 0 radical (unpaired) electrons.